The maximum absolute atomic E-state index is 13.2. The minimum absolute atomic E-state index is 0.120. The van der Waals surface area contributed by atoms with Gasteiger partial charge in [0.25, 0.3) is 0 Å². The summed E-state index contributed by atoms with van der Waals surface area (Å²) in [6.45, 7) is 1.42. The quantitative estimate of drug-likeness (QED) is 0.328. The standard InChI is InChI=1S/C29H27N5O2/c35-26(33-18-9-14-23(20-33)29-32-31-24-15-7-8-19-34(24)29)17-16-25-30-27(21-10-3-1-4-11-21)28(36-25)22-12-5-2-6-13-22/h1-8,10-13,15,19,23H,9,14,16-18,20H2. The molecule has 0 radical (unpaired) electrons. The van der Waals surface area contributed by atoms with Gasteiger partial charge in [-0.2, -0.15) is 0 Å². The highest BCUT2D eigenvalue weighted by atomic mass is 16.4. The third kappa shape index (κ3) is 4.40. The SMILES string of the molecule is O=C(CCc1nc(-c2ccccc2)c(-c2ccccc2)o1)N1CCCC(c2nnc3ccccn23)C1. The molecule has 1 unspecified atom stereocenters. The molecule has 2 aromatic carbocycles. The molecule has 0 saturated carbocycles. The zero-order chi connectivity index (χ0) is 24.3. The lowest BCUT2D eigenvalue weighted by Gasteiger charge is -2.32. The van der Waals surface area contributed by atoms with E-state index in [-0.39, 0.29) is 11.8 Å². The third-order valence-electron chi connectivity index (χ3n) is 6.79. The molecule has 7 nitrogen and oxygen atoms in total. The molecule has 0 bridgehead atoms. The van der Waals surface area contributed by atoms with Gasteiger partial charge in [-0.25, -0.2) is 4.98 Å². The molecule has 6 rings (SSSR count). The number of nitrogens with zero attached hydrogens (tertiary/aromatic N) is 5. The third-order valence-corrected chi connectivity index (χ3v) is 6.79. The second kappa shape index (κ2) is 9.77. The Morgan fingerprint density at radius 3 is 2.47 bits per heavy atom. The van der Waals surface area contributed by atoms with E-state index < -0.39 is 0 Å². The molecule has 0 aliphatic carbocycles. The Morgan fingerprint density at radius 1 is 0.917 bits per heavy atom. The van der Waals surface area contributed by atoms with E-state index in [0.717, 1.165) is 53.4 Å². The Morgan fingerprint density at radius 2 is 1.67 bits per heavy atom. The topological polar surface area (TPSA) is 76.5 Å². The fraction of sp³-hybridized carbons (Fsp3) is 0.241. The van der Waals surface area contributed by atoms with Crippen LogP contribution < -0.4 is 0 Å². The molecule has 4 heterocycles. The Bertz CT molecular complexity index is 1420. The number of hydrogen-bond acceptors (Lipinski definition) is 5. The van der Waals surface area contributed by atoms with Crippen LogP contribution in [-0.2, 0) is 11.2 Å². The van der Waals surface area contributed by atoms with Crippen molar-refractivity contribution in [3.05, 3.63) is 96.8 Å². The first-order valence-electron chi connectivity index (χ1n) is 12.4. The minimum Gasteiger partial charge on any atom is -0.440 e. The summed E-state index contributed by atoms with van der Waals surface area (Å²) in [7, 11) is 0. The lowest BCUT2D eigenvalue weighted by Crippen LogP contribution is -2.39. The number of benzene rings is 2. The molecule has 1 aliphatic heterocycles. The van der Waals surface area contributed by atoms with Crippen LogP contribution in [0, 0.1) is 0 Å². The average molecular weight is 478 g/mol. The highest BCUT2D eigenvalue weighted by Crippen LogP contribution is 2.33. The van der Waals surface area contributed by atoms with Crippen molar-refractivity contribution in [2.45, 2.75) is 31.6 Å². The summed E-state index contributed by atoms with van der Waals surface area (Å²) >= 11 is 0. The lowest BCUT2D eigenvalue weighted by molar-refractivity contribution is -0.132. The van der Waals surface area contributed by atoms with E-state index in [4.69, 9.17) is 9.40 Å². The summed E-state index contributed by atoms with van der Waals surface area (Å²) < 4.78 is 8.25. The number of aryl methyl sites for hydroxylation is 1. The summed E-state index contributed by atoms with van der Waals surface area (Å²) in [5, 5.41) is 8.72. The molecule has 1 aliphatic rings. The number of carbonyl (C=O) groups is 1. The fourth-order valence-electron chi connectivity index (χ4n) is 4.97. The first kappa shape index (κ1) is 22.2. The van der Waals surface area contributed by atoms with Gasteiger partial charge >= 0.3 is 0 Å². The van der Waals surface area contributed by atoms with Gasteiger partial charge in [0.05, 0.1) is 0 Å². The Balaban J connectivity index is 1.18. The molecular formula is C29H27N5O2. The average Bonchev–Trinajstić information content (AvgIpc) is 3.58. The molecule has 1 saturated heterocycles. The predicted octanol–water partition coefficient (Wildman–Crippen LogP) is 5.39. The van der Waals surface area contributed by atoms with Gasteiger partial charge in [0.15, 0.2) is 17.3 Å². The monoisotopic (exact) mass is 477 g/mol. The fourth-order valence-corrected chi connectivity index (χ4v) is 4.97. The van der Waals surface area contributed by atoms with Gasteiger partial charge in [-0.05, 0) is 25.0 Å². The summed E-state index contributed by atoms with van der Waals surface area (Å²) in [5.74, 6) is 2.54. The number of oxazole rings is 1. The van der Waals surface area contributed by atoms with Crippen molar-refractivity contribution in [2.75, 3.05) is 13.1 Å². The van der Waals surface area contributed by atoms with Crippen LogP contribution in [-0.4, -0.2) is 43.5 Å². The number of likely N-dealkylation sites (tertiary alicyclic amines) is 1. The van der Waals surface area contributed by atoms with Crippen LogP contribution in [0.4, 0.5) is 0 Å². The van der Waals surface area contributed by atoms with Gasteiger partial charge in [0, 0.05) is 49.2 Å². The number of pyridine rings is 1. The summed E-state index contributed by atoms with van der Waals surface area (Å²) in [4.78, 5) is 20.0. The molecule has 0 N–H and O–H groups in total. The van der Waals surface area contributed by atoms with Crippen molar-refractivity contribution < 1.29 is 9.21 Å². The van der Waals surface area contributed by atoms with E-state index >= 15 is 0 Å². The Labute approximate surface area is 209 Å². The van der Waals surface area contributed by atoms with Gasteiger partial charge in [-0.15, -0.1) is 10.2 Å². The zero-order valence-corrected chi connectivity index (χ0v) is 20.0. The van der Waals surface area contributed by atoms with Crippen LogP contribution in [0.3, 0.4) is 0 Å². The molecule has 7 heteroatoms. The molecule has 3 aromatic heterocycles. The van der Waals surface area contributed by atoms with Crippen molar-refractivity contribution in [3.8, 4) is 22.6 Å². The predicted molar refractivity (Wildman–Crippen MR) is 137 cm³/mol. The second-order valence-electron chi connectivity index (χ2n) is 9.18. The zero-order valence-electron chi connectivity index (χ0n) is 20.0. The maximum Gasteiger partial charge on any atom is 0.223 e. The Hall–Kier alpha value is -4.26. The van der Waals surface area contributed by atoms with E-state index in [1.165, 1.54) is 0 Å². The normalized spacial score (nSPS) is 15.9. The Kier molecular flexibility index (Phi) is 6.03. The van der Waals surface area contributed by atoms with Crippen molar-refractivity contribution >= 4 is 11.6 Å². The van der Waals surface area contributed by atoms with E-state index in [0.29, 0.717) is 25.3 Å². The second-order valence-corrected chi connectivity index (χ2v) is 9.18. The summed E-state index contributed by atoms with van der Waals surface area (Å²) in [6.07, 6.45) is 4.76. The minimum atomic E-state index is 0.120. The smallest absolute Gasteiger partial charge is 0.223 e. The van der Waals surface area contributed by atoms with Crippen molar-refractivity contribution in [2.24, 2.45) is 0 Å². The molecule has 1 atom stereocenters. The van der Waals surface area contributed by atoms with Crippen LogP contribution in [0.15, 0.2) is 89.5 Å². The number of aromatic nitrogens is 4. The molecule has 0 spiro atoms. The molecule has 180 valence electrons. The van der Waals surface area contributed by atoms with Crippen LogP contribution >= 0.6 is 0 Å². The number of carbonyl (C=O) groups excluding carboxylic acids is 1. The van der Waals surface area contributed by atoms with Crippen molar-refractivity contribution in [3.63, 3.8) is 0 Å². The largest absolute Gasteiger partial charge is 0.440 e. The van der Waals surface area contributed by atoms with Crippen molar-refractivity contribution in [1.82, 2.24) is 24.5 Å². The maximum atomic E-state index is 13.2. The number of hydrogen-bond donors (Lipinski definition) is 0. The molecule has 1 amide bonds. The number of piperidine rings is 1. The van der Waals surface area contributed by atoms with Crippen LogP contribution in [0.1, 0.15) is 36.9 Å². The van der Waals surface area contributed by atoms with Gasteiger partial charge in [-0.3, -0.25) is 9.20 Å². The van der Waals surface area contributed by atoms with E-state index in [9.17, 15) is 4.79 Å². The van der Waals surface area contributed by atoms with Gasteiger partial charge < -0.3 is 9.32 Å². The summed E-state index contributed by atoms with van der Waals surface area (Å²) in [5.41, 5.74) is 3.61. The van der Waals surface area contributed by atoms with E-state index in [1.54, 1.807) is 0 Å². The highest BCUT2D eigenvalue weighted by molar-refractivity contribution is 5.78. The molecule has 1 fully saturated rings. The van der Waals surface area contributed by atoms with Crippen LogP contribution in [0.5, 0.6) is 0 Å². The molecular weight excluding hydrogens is 450 g/mol. The summed E-state index contributed by atoms with van der Waals surface area (Å²) in [6, 6.07) is 25.9. The first-order chi connectivity index (χ1) is 17.8. The van der Waals surface area contributed by atoms with Gasteiger partial charge in [0.2, 0.25) is 5.91 Å². The van der Waals surface area contributed by atoms with Crippen LogP contribution in [0.2, 0.25) is 0 Å². The van der Waals surface area contributed by atoms with Crippen LogP contribution in [0.25, 0.3) is 28.2 Å². The number of fused-ring (bicyclic) bond motifs is 1. The first-order valence-corrected chi connectivity index (χ1v) is 12.4. The van der Waals surface area contributed by atoms with E-state index in [2.05, 4.69) is 10.2 Å². The van der Waals surface area contributed by atoms with Gasteiger partial charge in [-0.1, -0.05) is 66.7 Å². The van der Waals surface area contributed by atoms with Crippen molar-refractivity contribution in [1.29, 1.82) is 0 Å². The molecule has 5 aromatic rings. The molecule has 36 heavy (non-hydrogen) atoms. The number of amides is 1. The van der Waals surface area contributed by atoms with E-state index in [1.807, 2.05) is 94.4 Å². The highest BCUT2D eigenvalue weighted by Gasteiger charge is 2.28. The van der Waals surface area contributed by atoms with Gasteiger partial charge in [0.1, 0.15) is 11.5 Å². The number of rotatable bonds is 6. The lowest BCUT2D eigenvalue weighted by atomic mass is 9.97.